The summed E-state index contributed by atoms with van der Waals surface area (Å²) in [4.78, 5) is 47.9. The number of carbonyl (C=O) groups is 2. The zero-order valence-electron chi connectivity index (χ0n) is 39.9. The lowest BCUT2D eigenvalue weighted by Gasteiger charge is -2.31. The number of thioether (sulfide) groups is 1. The minimum atomic E-state index is -3.70. The van der Waals surface area contributed by atoms with Crippen LogP contribution >= 0.6 is 34.4 Å². The molecule has 8 rings (SSSR count). The number of amides is 2. The van der Waals surface area contributed by atoms with Crippen molar-refractivity contribution in [2.24, 2.45) is 0 Å². The first-order valence-electron chi connectivity index (χ1n) is 22.9. The molecular formula is C48H52N8O12S6. The second kappa shape index (κ2) is 24.4. The second-order valence-electron chi connectivity index (χ2n) is 17.1. The number of hydrogen-bond acceptors (Lipinski definition) is 17. The van der Waals surface area contributed by atoms with Gasteiger partial charge in [0.25, 0.3) is 43.2 Å². The van der Waals surface area contributed by atoms with E-state index in [0.717, 1.165) is 34.6 Å². The summed E-state index contributed by atoms with van der Waals surface area (Å²) in [6.45, 7) is 1.79. The molecule has 0 aliphatic carbocycles. The van der Waals surface area contributed by atoms with Crippen LogP contribution in [0.4, 0.5) is 22.7 Å². The molecule has 2 fully saturated rings. The number of carbonyl (C=O) groups excluding carboxylic acids is 2. The number of non-ortho nitro benzene ring substituents is 2. The molecule has 0 radical (unpaired) electrons. The summed E-state index contributed by atoms with van der Waals surface area (Å²) in [5.41, 5.74) is 2.07. The summed E-state index contributed by atoms with van der Waals surface area (Å²) in [7, 11) is -10.6. The fourth-order valence-electron chi connectivity index (χ4n) is 7.93. The molecule has 4 heterocycles. The van der Waals surface area contributed by atoms with E-state index in [1.807, 2.05) is 18.4 Å². The molecule has 0 spiro atoms. The van der Waals surface area contributed by atoms with E-state index in [9.17, 15) is 55.1 Å². The van der Waals surface area contributed by atoms with Gasteiger partial charge in [0.05, 0.1) is 27.8 Å². The maximum absolute atomic E-state index is 13.2. The molecular weight excluding hydrogens is 1070 g/mol. The largest absolute Gasteiger partial charge is 0.382 e. The maximum Gasteiger partial charge on any atom is 0.269 e. The Labute approximate surface area is 440 Å². The fourth-order valence-corrected chi connectivity index (χ4v) is 14.9. The van der Waals surface area contributed by atoms with Crippen molar-refractivity contribution in [2.45, 2.75) is 69.1 Å². The van der Waals surface area contributed by atoms with Gasteiger partial charge in [0, 0.05) is 106 Å². The van der Waals surface area contributed by atoms with Gasteiger partial charge in [-0.3, -0.25) is 29.8 Å². The zero-order chi connectivity index (χ0) is 53.2. The molecule has 2 aromatic heterocycles. The average Bonchev–Trinajstić information content (AvgIpc) is 4.10. The summed E-state index contributed by atoms with van der Waals surface area (Å²) in [5.74, 6) is -0.810. The molecule has 0 bridgehead atoms. The molecule has 0 saturated carbocycles. The number of piperidine rings is 2. The number of hydrogen-bond donors (Lipinski definition) is 4. The van der Waals surface area contributed by atoms with E-state index in [-0.39, 0.29) is 61.3 Å². The zero-order valence-corrected chi connectivity index (χ0v) is 44.8. The van der Waals surface area contributed by atoms with Gasteiger partial charge in [-0.15, -0.1) is 34.4 Å². The topological polar surface area (TPSA) is 277 Å². The third kappa shape index (κ3) is 14.5. The first-order chi connectivity index (χ1) is 35.2. The first-order valence-corrected chi connectivity index (χ1v) is 30.5. The standard InChI is InChI=1S/C24H26N4O7S3.C24H26N4O5S3/c1-37(32,33)22-4-2-3-19(15-22)26-18-11-13-27(14-12-18)38(34,35)23-10-9-21(36-23)16-25-24(29)17-5-7-20(8-6-17)28(30)31;1-34-21-4-2-3-19(15-21)26-18-11-13-27(14-12-18)36(32,33)23-10-9-22(35-23)16-25-24(29)17-5-7-20(8-6-17)28(30)31/h2-10,15,18,26H,11-14,16H2,1H3,(H,25,29);2-10,15,18,26H,11-14,16H2,1H3,(H,25,29). The van der Waals surface area contributed by atoms with Gasteiger partial charge < -0.3 is 21.3 Å². The van der Waals surface area contributed by atoms with Crippen molar-refractivity contribution < 1.29 is 44.7 Å². The fraction of sp³-hybridized carbons (Fsp3) is 0.292. The van der Waals surface area contributed by atoms with E-state index in [1.54, 1.807) is 48.2 Å². The van der Waals surface area contributed by atoms with Gasteiger partial charge in [0.15, 0.2) is 9.84 Å². The highest BCUT2D eigenvalue weighted by Crippen LogP contribution is 2.31. The molecule has 2 aliphatic heterocycles. The molecule has 74 heavy (non-hydrogen) atoms. The lowest BCUT2D eigenvalue weighted by Crippen LogP contribution is -2.42. The Morgan fingerprint density at radius 2 is 1.00 bits per heavy atom. The van der Waals surface area contributed by atoms with Gasteiger partial charge in [0.2, 0.25) is 0 Å². The minimum Gasteiger partial charge on any atom is -0.382 e. The normalized spacial score (nSPS) is 15.1. The first kappa shape index (κ1) is 55.5. The molecule has 4 N–H and O–H groups in total. The summed E-state index contributed by atoms with van der Waals surface area (Å²) in [5, 5.41) is 33.8. The average molecular weight is 1130 g/mol. The molecule has 4 aromatic carbocycles. The van der Waals surface area contributed by atoms with Crippen molar-refractivity contribution >= 4 is 98.9 Å². The summed E-state index contributed by atoms with van der Waals surface area (Å²) < 4.78 is 79.7. The van der Waals surface area contributed by atoms with Crippen LogP contribution in [0, 0.1) is 20.2 Å². The quantitative estimate of drug-likeness (QED) is 0.0363. The van der Waals surface area contributed by atoms with Gasteiger partial charge in [-0.2, -0.15) is 8.61 Å². The van der Waals surface area contributed by atoms with E-state index < -0.39 is 45.6 Å². The predicted octanol–water partition coefficient (Wildman–Crippen LogP) is 7.83. The van der Waals surface area contributed by atoms with Gasteiger partial charge in [-0.1, -0.05) is 12.1 Å². The minimum absolute atomic E-state index is 0.00444. The molecule has 392 valence electrons. The smallest absolute Gasteiger partial charge is 0.269 e. The summed E-state index contributed by atoms with van der Waals surface area (Å²) >= 11 is 3.89. The number of thiophene rings is 2. The molecule has 6 aromatic rings. The van der Waals surface area contributed by atoms with Crippen LogP contribution in [-0.4, -0.2) is 106 Å². The SMILES string of the molecule is CS(=O)(=O)c1cccc(NC2CCN(S(=O)(=O)c3ccc(CNC(=O)c4ccc([N+](=O)[O-])cc4)s3)CC2)c1.CSc1cccc(NC2CCN(S(=O)(=O)c3ccc(CNC(=O)c4ccc([N+](=O)[O-])cc4)s3)CC2)c1. The molecule has 0 atom stereocenters. The Balaban J connectivity index is 0.000000217. The van der Waals surface area contributed by atoms with Gasteiger partial charge in [-0.05, 0) is 117 Å². The van der Waals surface area contributed by atoms with Crippen molar-refractivity contribution in [3.8, 4) is 0 Å². The van der Waals surface area contributed by atoms with Gasteiger partial charge in [0.1, 0.15) is 8.42 Å². The molecule has 2 saturated heterocycles. The molecule has 26 heteroatoms. The van der Waals surface area contributed by atoms with E-state index in [2.05, 4.69) is 33.4 Å². The van der Waals surface area contributed by atoms with E-state index >= 15 is 0 Å². The Morgan fingerprint density at radius 3 is 1.39 bits per heavy atom. The van der Waals surface area contributed by atoms with Crippen LogP contribution in [0.15, 0.2) is 140 Å². The number of sulfone groups is 1. The van der Waals surface area contributed by atoms with Crippen molar-refractivity contribution in [2.75, 3.05) is 49.3 Å². The van der Waals surface area contributed by atoms with Crippen molar-refractivity contribution in [3.05, 3.63) is 162 Å². The van der Waals surface area contributed by atoms with Crippen molar-refractivity contribution in [1.82, 2.24) is 19.2 Å². The Bertz CT molecular complexity index is 3320. The number of sulfonamides is 2. The third-order valence-electron chi connectivity index (χ3n) is 12.0. The van der Waals surface area contributed by atoms with E-state index in [0.29, 0.717) is 72.9 Å². The number of benzene rings is 4. The van der Waals surface area contributed by atoms with Crippen LogP contribution in [0.3, 0.4) is 0 Å². The highest BCUT2D eigenvalue weighted by Gasteiger charge is 2.32. The maximum atomic E-state index is 13.2. The van der Waals surface area contributed by atoms with Gasteiger partial charge >= 0.3 is 0 Å². The molecule has 2 aliphatic rings. The van der Waals surface area contributed by atoms with Crippen molar-refractivity contribution in [3.63, 3.8) is 0 Å². The summed E-state index contributed by atoms with van der Waals surface area (Å²) in [6.07, 6.45) is 5.74. The lowest BCUT2D eigenvalue weighted by molar-refractivity contribution is -0.385. The predicted molar refractivity (Wildman–Crippen MR) is 286 cm³/mol. The number of nitro benzene ring substituents is 2. The summed E-state index contributed by atoms with van der Waals surface area (Å²) in [6, 6.07) is 31.9. The monoisotopic (exact) mass is 1120 g/mol. The van der Waals surface area contributed by atoms with Crippen LogP contribution in [0.5, 0.6) is 0 Å². The van der Waals surface area contributed by atoms with Crippen LogP contribution < -0.4 is 21.3 Å². The van der Waals surface area contributed by atoms with Crippen LogP contribution in [-0.2, 0) is 43.0 Å². The van der Waals surface area contributed by atoms with E-state index in [1.165, 1.54) is 74.2 Å². The van der Waals surface area contributed by atoms with Crippen LogP contribution in [0.2, 0.25) is 0 Å². The number of anilines is 2. The number of rotatable bonds is 18. The van der Waals surface area contributed by atoms with Crippen LogP contribution in [0.25, 0.3) is 0 Å². The molecule has 2 amide bonds. The Hall–Kier alpha value is -6.26. The Kier molecular flexibility index (Phi) is 18.3. The number of nitro groups is 2. The number of nitrogens with one attached hydrogen (secondary N) is 4. The van der Waals surface area contributed by atoms with Crippen LogP contribution in [0.1, 0.15) is 56.2 Å². The highest BCUT2D eigenvalue weighted by atomic mass is 32.3. The molecule has 20 nitrogen and oxygen atoms in total. The van der Waals surface area contributed by atoms with Crippen molar-refractivity contribution in [1.29, 1.82) is 0 Å². The highest BCUT2D eigenvalue weighted by molar-refractivity contribution is 7.98. The number of nitrogens with zero attached hydrogens (tertiary/aromatic N) is 4. The third-order valence-corrected chi connectivity index (χ3v) is 20.7. The molecule has 0 unspecified atom stereocenters. The lowest BCUT2D eigenvalue weighted by atomic mass is 10.1. The second-order valence-corrected chi connectivity index (χ2v) is 26.7. The van der Waals surface area contributed by atoms with E-state index in [4.69, 9.17) is 0 Å². The Morgan fingerprint density at radius 1 is 0.595 bits per heavy atom. The van der Waals surface area contributed by atoms with Gasteiger partial charge in [-0.25, -0.2) is 25.3 Å².